The molecule has 0 saturated carbocycles. The minimum atomic E-state index is -4.46. The largest absolute Gasteiger partial charge is 0.479 e. The fraction of sp³-hybridized carbons (Fsp3) is 0.529. The van der Waals surface area contributed by atoms with Gasteiger partial charge in [-0.2, -0.15) is 13.2 Å². The maximum Gasteiger partial charge on any atom is 0.416 e. The number of carboxylic acids is 1. The second-order valence-electron chi connectivity index (χ2n) is 6.00. The van der Waals surface area contributed by atoms with Crippen molar-refractivity contribution in [3.8, 4) is 0 Å². The van der Waals surface area contributed by atoms with Crippen molar-refractivity contribution < 1.29 is 32.6 Å². The van der Waals surface area contributed by atoms with Gasteiger partial charge in [-0.25, -0.2) is 4.79 Å². The summed E-state index contributed by atoms with van der Waals surface area (Å²) >= 11 is 0. The maximum atomic E-state index is 12.9. The van der Waals surface area contributed by atoms with Crippen LogP contribution in [0.15, 0.2) is 24.3 Å². The first-order chi connectivity index (χ1) is 11.7. The van der Waals surface area contributed by atoms with Crippen LogP contribution in [0.4, 0.5) is 13.2 Å². The van der Waals surface area contributed by atoms with Crippen LogP contribution in [-0.2, 0) is 20.5 Å². The highest BCUT2D eigenvalue weighted by molar-refractivity contribution is 5.83. The molecule has 1 fully saturated rings. The quantitative estimate of drug-likeness (QED) is 0.817. The van der Waals surface area contributed by atoms with E-state index in [1.54, 1.807) is 0 Å². The molecule has 2 rings (SSSR count). The van der Waals surface area contributed by atoms with Gasteiger partial charge in [0.1, 0.15) is 6.10 Å². The van der Waals surface area contributed by atoms with E-state index in [9.17, 15) is 22.8 Å². The van der Waals surface area contributed by atoms with Crippen LogP contribution in [-0.4, -0.2) is 29.2 Å². The Morgan fingerprint density at radius 1 is 1.32 bits per heavy atom. The van der Waals surface area contributed by atoms with Gasteiger partial charge in [-0.15, -0.1) is 0 Å². The fourth-order valence-corrected chi connectivity index (χ4v) is 2.82. The van der Waals surface area contributed by atoms with Crippen LogP contribution in [0.25, 0.3) is 0 Å². The number of aliphatic carboxylic acids is 1. The predicted octanol–water partition coefficient (Wildman–Crippen LogP) is 3.30. The summed E-state index contributed by atoms with van der Waals surface area (Å²) in [5, 5.41) is 11.6. The molecule has 0 aliphatic carbocycles. The van der Waals surface area contributed by atoms with Crippen molar-refractivity contribution in [2.45, 2.75) is 57.0 Å². The average molecular weight is 359 g/mol. The molecule has 2 N–H and O–H groups in total. The minimum Gasteiger partial charge on any atom is -0.479 e. The molecule has 0 bridgehead atoms. The fourth-order valence-electron chi connectivity index (χ4n) is 2.82. The molecule has 0 spiro atoms. The number of halogens is 3. The zero-order valence-corrected chi connectivity index (χ0v) is 13.7. The molecular weight excluding hydrogens is 339 g/mol. The molecule has 0 radical (unpaired) electrons. The zero-order chi connectivity index (χ0) is 18.6. The number of hydrogen-bond acceptors (Lipinski definition) is 3. The Bertz CT molecular complexity index is 633. The third kappa shape index (κ3) is 4.94. The third-order valence-electron chi connectivity index (χ3n) is 4.10. The monoisotopic (exact) mass is 359 g/mol. The second kappa shape index (κ2) is 7.86. The van der Waals surface area contributed by atoms with Gasteiger partial charge in [0.15, 0.2) is 6.10 Å². The number of carboxylic acid groups (broad SMARTS) is 1. The molecular formula is C17H20F3NO4. The molecule has 1 unspecified atom stereocenters. The lowest BCUT2D eigenvalue weighted by Gasteiger charge is -2.22. The van der Waals surface area contributed by atoms with Crippen LogP contribution >= 0.6 is 0 Å². The molecule has 1 saturated heterocycles. The lowest BCUT2D eigenvalue weighted by molar-refractivity contribution is -0.152. The Kier molecular flexibility index (Phi) is 6.05. The van der Waals surface area contributed by atoms with Crippen molar-refractivity contribution in [3.05, 3.63) is 35.4 Å². The third-order valence-corrected chi connectivity index (χ3v) is 4.10. The first-order valence-corrected chi connectivity index (χ1v) is 8.08. The van der Waals surface area contributed by atoms with E-state index in [1.807, 2.05) is 6.92 Å². The number of nitrogens with one attached hydrogen (secondary N) is 1. The number of alkyl halides is 3. The van der Waals surface area contributed by atoms with E-state index in [0.29, 0.717) is 18.4 Å². The molecule has 1 aromatic carbocycles. The van der Waals surface area contributed by atoms with Gasteiger partial charge in [-0.1, -0.05) is 25.5 Å². The molecule has 8 heteroatoms. The summed E-state index contributed by atoms with van der Waals surface area (Å²) in [6, 6.07) is 4.25. The number of carbonyl (C=O) groups is 2. The average Bonchev–Trinajstić information content (AvgIpc) is 3.04. The van der Waals surface area contributed by atoms with Gasteiger partial charge < -0.3 is 15.2 Å². The summed E-state index contributed by atoms with van der Waals surface area (Å²) < 4.78 is 43.8. The lowest BCUT2D eigenvalue weighted by atomic mass is 9.99. The predicted molar refractivity (Wildman–Crippen MR) is 82.8 cm³/mol. The van der Waals surface area contributed by atoms with E-state index in [2.05, 4.69) is 5.32 Å². The van der Waals surface area contributed by atoms with Gasteiger partial charge in [0.25, 0.3) is 0 Å². The summed E-state index contributed by atoms with van der Waals surface area (Å²) in [5.74, 6) is -1.63. The van der Waals surface area contributed by atoms with Crippen molar-refractivity contribution >= 4 is 11.9 Å². The van der Waals surface area contributed by atoms with Crippen molar-refractivity contribution in [2.75, 3.05) is 0 Å². The number of benzene rings is 1. The molecule has 1 aliphatic heterocycles. The summed E-state index contributed by atoms with van der Waals surface area (Å²) in [7, 11) is 0. The molecule has 1 aromatic rings. The van der Waals surface area contributed by atoms with E-state index in [-0.39, 0.29) is 12.8 Å². The standard InChI is InChI=1S/C17H20F3NO4/c1-2-4-12(10-5-3-6-11(9-10)17(18,19)20)21-15(22)13-7-8-14(25-13)16(23)24/h3,5-6,9,12-14H,2,4,7-8H2,1H3,(H,21,22)(H,23,24)/t12?,13-,14+/m0/s1. The minimum absolute atomic E-state index is 0.232. The van der Waals surface area contributed by atoms with Crippen LogP contribution in [0.2, 0.25) is 0 Å². The molecule has 25 heavy (non-hydrogen) atoms. The molecule has 138 valence electrons. The normalized spacial score (nSPS) is 21.8. The topological polar surface area (TPSA) is 75.6 Å². The molecule has 3 atom stereocenters. The number of rotatable bonds is 6. The summed E-state index contributed by atoms with van der Waals surface area (Å²) in [6.07, 6.45) is -4.76. The van der Waals surface area contributed by atoms with E-state index in [4.69, 9.17) is 9.84 Å². The summed E-state index contributed by atoms with van der Waals surface area (Å²) in [5.41, 5.74) is -0.416. The highest BCUT2D eigenvalue weighted by atomic mass is 19.4. The summed E-state index contributed by atoms with van der Waals surface area (Å²) in [4.78, 5) is 23.2. The molecule has 1 amide bonds. The Hall–Kier alpha value is -2.09. The Morgan fingerprint density at radius 3 is 2.56 bits per heavy atom. The molecule has 0 aromatic heterocycles. The Morgan fingerprint density at radius 2 is 2.00 bits per heavy atom. The van der Waals surface area contributed by atoms with Crippen LogP contribution in [0.3, 0.4) is 0 Å². The Balaban J connectivity index is 2.11. The first-order valence-electron chi connectivity index (χ1n) is 8.08. The van der Waals surface area contributed by atoms with E-state index < -0.39 is 41.9 Å². The van der Waals surface area contributed by atoms with Gasteiger partial charge in [0, 0.05) is 0 Å². The van der Waals surface area contributed by atoms with Crippen LogP contribution in [0, 0.1) is 0 Å². The smallest absolute Gasteiger partial charge is 0.416 e. The molecule has 5 nitrogen and oxygen atoms in total. The molecule has 1 heterocycles. The molecule has 1 aliphatic rings. The maximum absolute atomic E-state index is 12.9. The Labute approximate surface area is 143 Å². The van der Waals surface area contributed by atoms with E-state index >= 15 is 0 Å². The first kappa shape index (κ1) is 19.2. The van der Waals surface area contributed by atoms with Crippen molar-refractivity contribution in [2.24, 2.45) is 0 Å². The number of ether oxygens (including phenoxy) is 1. The van der Waals surface area contributed by atoms with Crippen LogP contribution in [0.5, 0.6) is 0 Å². The van der Waals surface area contributed by atoms with Gasteiger partial charge >= 0.3 is 12.1 Å². The van der Waals surface area contributed by atoms with Crippen LogP contribution in [0.1, 0.15) is 49.8 Å². The van der Waals surface area contributed by atoms with Gasteiger partial charge in [-0.05, 0) is 37.0 Å². The lowest BCUT2D eigenvalue weighted by Crippen LogP contribution is -2.38. The highest BCUT2D eigenvalue weighted by Crippen LogP contribution is 2.31. The van der Waals surface area contributed by atoms with E-state index in [1.165, 1.54) is 12.1 Å². The second-order valence-corrected chi connectivity index (χ2v) is 6.00. The van der Waals surface area contributed by atoms with E-state index in [0.717, 1.165) is 12.1 Å². The summed E-state index contributed by atoms with van der Waals surface area (Å²) in [6.45, 7) is 1.86. The SMILES string of the molecule is CCCC(NC(=O)[C@@H]1CC[C@H](C(=O)O)O1)c1cccc(C(F)(F)F)c1. The van der Waals surface area contributed by atoms with Gasteiger partial charge in [-0.3, -0.25) is 4.79 Å². The van der Waals surface area contributed by atoms with Gasteiger partial charge in [0.2, 0.25) is 5.91 Å². The van der Waals surface area contributed by atoms with Crippen molar-refractivity contribution in [1.82, 2.24) is 5.32 Å². The highest BCUT2D eigenvalue weighted by Gasteiger charge is 2.36. The number of amides is 1. The zero-order valence-electron chi connectivity index (χ0n) is 13.7. The number of carbonyl (C=O) groups excluding carboxylic acids is 1. The van der Waals surface area contributed by atoms with Crippen molar-refractivity contribution in [3.63, 3.8) is 0 Å². The van der Waals surface area contributed by atoms with Crippen molar-refractivity contribution in [1.29, 1.82) is 0 Å². The number of hydrogen-bond donors (Lipinski definition) is 2. The van der Waals surface area contributed by atoms with Gasteiger partial charge in [0.05, 0.1) is 11.6 Å². The van der Waals surface area contributed by atoms with Crippen LogP contribution < -0.4 is 5.32 Å².